The minimum Gasteiger partial charge on any atom is -0.394 e. The third kappa shape index (κ3) is 6.57. The molecule has 5 nitrogen and oxygen atoms in total. The van der Waals surface area contributed by atoms with Crippen LogP contribution < -0.4 is 5.32 Å². The summed E-state index contributed by atoms with van der Waals surface area (Å²) < 4.78 is 0. The van der Waals surface area contributed by atoms with Crippen LogP contribution in [0.3, 0.4) is 0 Å². The van der Waals surface area contributed by atoms with Gasteiger partial charge in [0.1, 0.15) is 0 Å². The van der Waals surface area contributed by atoms with E-state index in [9.17, 15) is 4.79 Å². The molecule has 20 heavy (non-hydrogen) atoms. The number of nitrogens with zero attached hydrogens (tertiary/aromatic N) is 1. The van der Waals surface area contributed by atoms with Crippen molar-refractivity contribution in [2.24, 2.45) is 0 Å². The molecule has 1 aromatic carbocycles. The molecule has 1 atom stereocenters. The molecule has 0 saturated heterocycles. The predicted octanol–water partition coefficient (Wildman–Crippen LogP) is 1.36. The van der Waals surface area contributed by atoms with Crippen molar-refractivity contribution in [2.45, 2.75) is 18.9 Å². The molecule has 0 fully saturated rings. The van der Waals surface area contributed by atoms with Gasteiger partial charge in [-0.05, 0) is 30.4 Å². The molecule has 1 unspecified atom stereocenters. The van der Waals surface area contributed by atoms with Gasteiger partial charge in [0, 0.05) is 17.9 Å². The second kappa shape index (κ2) is 9.37. The van der Waals surface area contributed by atoms with E-state index in [1.54, 1.807) is 24.3 Å². The van der Waals surface area contributed by atoms with Gasteiger partial charge in [-0.25, -0.2) is 0 Å². The number of rotatable bonds is 8. The molecule has 0 aliphatic heterocycles. The van der Waals surface area contributed by atoms with Crippen molar-refractivity contribution < 1.29 is 15.0 Å². The second-order valence-electron chi connectivity index (χ2n) is 4.26. The van der Waals surface area contributed by atoms with Crippen LogP contribution in [-0.4, -0.2) is 40.3 Å². The lowest BCUT2D eigenvalue weighted by molar-refractivity contribution is -0.116. The number of hydrogen-bond donors (Lipinski definition) is 3. The fraction of sp³-hybridized carbons (Fsp3) is 0.429. The number of amides is 1. The molecule has 0 aliphatic rings. The van der Waals surface area contributed by atoms with Crippen molar-refractivity contribution in [3.8, 4) is 6.07 Å². The first-order chi connectivity index (χ1) is 9.65. The first kappa shape index (κ1) is 16.5. The Morgan fingerprint density at radius 2 is 2.30 bits per heavy atom. The summed E-state index contributed by atoms with van der Waals surface area (Å²) in [7, 11) is 0. The lowest BCUT2D eigenvalue weighted by Gasteiger charge is -2.07. The van der Waals surface area contributed by atoms with Crippen molar-refractivity contribution in [2.75, 3.05) is 23.4 Å². The quantitative estimate of drug-likeness (QED) is 0.630. The fourth-order valence-corrected chi connectivity index (χ4v) is 2.39. The van der Waals surface area contributed by atoms with Crippen molar-refractivity contribution >= 4 is 23.4 Å². The molecule has 1 aromatic rings. The molecule has 3 N–H and O–H groups in total. The summed E-state index contributed by atoms with van der Waals surface area (Å²) in [6.45, 7) is -0.233. The molecule has 6 heteroatoms. The highest BCUT2D eigenvalue weighted by Crippen LogP contribution is 2.11. The summed E-state index contributed by atoms with van der Waals surface area (Å²) in [6.07, 6.45) is 0.397. The number of carbonyl (C=O) groups excluding carboxylic acids is 1. The molecule has 108 valence electrons. The molecular formula is C14H18N2O3S. The molecule has 0 aliphatic carbocycles. The van der Waals surface area contributed by atoms with Crippen LogP contribution in [0.1, 0.15) is 18.4 Å². The van der Waals surface area contributed by atoms with Crippen LogP contribution in [0.2, 0.25) is 0 Å². The SMILES string of the molecule is N#Cc1cccc(NC(=O)CCCSCC(O)CO)c1. The molecule has 0 radical (unpaired) electrons. The topological polar surface area (TPSA) is 93.4 Å². The van der Waals surface area contributed by atoms with Gasteiger partial charge in [-0.15, -0.1) is 0 Å². The van der Waals surface area contributed by atoms with Gasteiger partial charge in [0.25, 0.3) is 0 Å². The number of anilines is 1. The van der Waals surface area contributed by atoms with Gasteiger partial charge in [-0.3, -0.25) is 4.79 Å². The van der Waals surface area contributed by atoms with Crippen LogP contribution in [0.5, 0.6) is 0 Å². The van der Waals surface area contributed by atoms with Gasteiger partial charge in [0.15, 0.2) is 0 Å². The van der Waals surface area contributed by atoms with E-state index in [0.717, 1.165) is 5.75 Å². The van der Waals surface area contributed by atoms with E-state index in [4.69, 9.17) is 15.5 Å². The van der Waals surface area contributed by atoms with Gasteiger partial charge >= 0.3 is 0 Å². The van der Waals surface area contributed by atoms with E-state index >= 15 is 0 Å². The summed E-state index contributed by atoms with van der Waals surface area (Å²) in [5, 5.41) is 29.3. The van der Waals surface area contributed by atoms with Crippen LogP contribution in [0.25, 0.3) is 0 Å². The zero-order valence-electron chi connectivity index (χ0n) is 11.1. The second-order valence-corrected chi connectivity index (χ2v) is 5.41. The summed E-state index contributed by atoms with van der Waals surface area (Å²) in [6, 6.07) is 8.79. The smallest absolute Gasteiger partial charge is 0.224 e. The Kier molecular flexibility index (Phi) is 7.73. The highest BCUT2D eigenvalue weighted by atomic mass is 32.2. The first-order valence-corrected chi connectivity index (χ1v) is 7.48. The molecule has 1 rings (SSSR count). The summed E-state index contributed by atoms with van der Waals surface area (Å²) in [5.74, 6) is 1.13. The van der Waals surface area contributed by atoms with Crippen molar-refractivity contribution in [3.05, 3.63) is 29.8 Å². The molecule has 1 amide bonds. The predicted molar refractivity (Wildman–Crippen MR) is 79.4 cm³/mol. The summed E-state index contributed by atoms with van der Waals surface area (Å²) in [5.41, 5.74) is 1.13. The third-order valence-electron chi connectivity index (χ3n) is 2.49. The molecule has 0 bridgehead atoms. The van der Waals surface area contributed by atoms with Crippen LogP contribution in [-0.2, 0) is 4.79 Å². The number of benzene rings is 1. The number of thioether (sulfide) groups is 1. The molecule has 0 heterocycles. The first-order valence-electron chi connectivity index (χ1n) is 6.32. The monoisotopic (exact) mass is 294 g/mol. The minimum atomic E-state index is -0.692. The number of aliphatic hydroxyl groups is 2. The number of carbonyl (C=O) groups is 1. The third-order valence-corrected chi connectivity index (χ3v) is 3.69. The normalized spacial score (nSPS) is 11.7. The van der Waals surface area contributed by atoms with Crippen LogP contribution in [0.4, 0.5) is 5.69 Å². The molecule has 0 spiro atoms. The zero-order chi connectivity index (χ0) is 14.8. The number of nitriles is 1. The van der Waals surface area contributed by atoms with Crippen molar-refractivity contribution in [1.29, 1.82) is 5.26 Å². The Hall–Kier alpha value is -1.55. The Morgan fingerprint density at radius 3 is 3.00 bits per heavy atom. The van der Waals surface area contributed by atoms with Gasteiger partial charge in [0.05, 0.1) is 24.3 Å². The highest BCUT2D eigenvalue weighted by molar-refractivity contribution is 7.99. The van der Waals surface area contributed by atoms with Crippen molar-refractivity contribution in [1.82, 2.24) is 0 Å². The number of nitrogens with one attached hydrogen (secondary N) is 1. The van der Waals surface area contributed by atoms with E-state index in [1.807, 2.05) is 6.07 Å². The molecule has 0 aromatic heterocycles. The van der Waals surface area contributed by atoms with E-state index in [1.165, 1.54) is 11.8 Å². The average Bonchev–Trinajstić information content (AvgIpc) is 2.46. The number of hydrogen-bond acceptors (Lipinski definition) is 5. The van der Waals surface area contributed by atoms with E-state index < -0.39 is 6.10 Å². The Balaban J connectivity index is 2.22. The summed E-state index contributed by atoms with van der Waals surface area (Å²) >= 11 is 1.51. The lowest BCUT2D eigenvalue weighted by Crippen LogP contribution is -2.15. The minimum absolute atomic E-state index is 0.0941. The maximum Gasteiger partial charge on any atom is 0.224 e. The van der Waals surface area contributed by atoms with Crippen LogP contribution in [0, 0.1) is 11.3 Å². The van der Waals surface area contributed by atoms with Gasteiger partial charge < -0.3 is 15.5 Å². The van der Waals surface area contributed by atoms with Gasteiger partial charge in [-0.2, -0.15) is 17.0 Å². The maximum atomic E-state index is 11.7. The van der Waals surface area contributed by atoms with E-state index in [0.29, 0.717) is 29.8 Å². The highest BCUT2D eigenvalue weighted by Gasteiger charge is 2.04. The Bertz CT molecular complexity index is 474. The molecule has 0 saturated carbocycles. The largest absolute Gasteiger partial charge is 0.394 e. The van der Waals surface area contributed by atoms with Crippen molar-refractivity contribution in [3.63, 3.8) is 0 Å². The molecular weight excluding hydrogens is 276 g/mol. The Morgan fingerprint density at radius 1 is 1.50 bits per heavy atom. The number of aliphatic hydroxyl groups excluding tert-OH is 2. The standard InChI is InChI=1S/C14H18N2O3S/c15-8-11-3-1-4-12(7-11)16-14(19)5-2-6-20-10-13(18)9-17/h1,3-4,7,13,17-18H,2,5-6,9-10H2,(H,16,19). The lowest BCUT2D eigenvalue weighted by atomic mass is 10.2. The van der Waals surface area contributed by atoms with Crippen LogP contribution in [0.15, 0.2) is 24.3 Å². The Labute approximate surface area is 122 Å². The summed E-state index contributed by atoms with van der Waals surface area (Å²) in [4.78, 5) is 11.7. The maximum absolute atomic E-state index is 11.7. The van der Waals surface area contributed by atoms with E-state index in [2.05, 4.69) is 5.32 Å². The fourth-order valence-electron chi connectivity index (χ4n) is 1.50. The van der Waals surface area contributed by atoms with Gasteiger partial charge in [-0.1, -0.05) is 6.07 Å². The zero-order valence-corrected chi connectivity index (χ0v) is 11.9. The van der Waals surface area contributed by atoms with Crippen LogP contribution >= 0.6 is 11.8 Å². The van der Waals surface area contributed by atoms with E-state index in [-0.39, 0.29) is 12.5 Å². The average molecular weight is 294 g/mol. The van der Waals surface area contributed by atoms with Gasteiger partial charge in [0.2, 0.25) is 5.91 Å².